The SMILES string of the molecule is Cc1ccc(COc2c(-c3c(C)c(F)cc4[nH]ncc34)c(C3CC3)cc3c(N4CC5CC4CN5)nc(OC4CCOCC4)nc23)cc1. The molecule has 9 rings (SSSR count). The van der Waals surface area contributed by atoms with E-state index in [9.17, 15) is 0 Å². The van der Waals surface area contributed by atoms with Crippen LogP contribution >= 0.6 is 0 Å². The molecule has 0 radical (unpaired) electrons. The molecule has 1 aliphatic carbocycles. The molecule has 10 heteroatoms. The summed E-state index contributed by atoms with van der Waals surface area (Å²) in [6.07, 6.45) is 6.57. The average Bonchev–Trinajstić information content (AvgIpc) is 3.44. The van der Waals surface area contributed by atoms with Crippen LogP contribution in [-0.4, -0.2) is 64.7 Å². The van der Waals surface area contributed by atoms with Crippen LogP contribution in [0, 0.1) is 19.7 Å². The summed E-state index contributed by atoms with van der Waals surface area (Å²) in [7, 11) is 0. The molecule has 3 aliphatic heterocycles. The topological polar surface area (TPSA) is 97.4 Å². The van der Waals surface area contributed by atoms with Gasteiger partial charge in [0.2, 0.25) is 0 Å². The lowest BCUT2D eigenvalue weighted by Crippen LogP contribution is -2.44. The Morgan fingerprint density at radius 1 is 1.00 bits per heavy atom. The Hall–Kier alpha value is -4.28. The number of hydrogen-bond acceptors (Lipinski definition) is 8. The molecule has 3 saturated heterocycles. The maximum absolute atomic E-state index is 15.7. The van der Waals surface area contributed by atoms with E-state index in [1.807, 2.05) is 6.92 Å². The number of piperazine rings is 1. The molecule has 4 aliphatic rings. The van der Waals surface area contributed by atoms with Crippen molar-refractivity contribution in [2.75, 3.05) is 31.2 Å². The third-order valence-corrected chi connectivity index (χ3v) is 10.4. The quantitative estimate of drug-likeness (QED) is 0.200. The van der Waals surface area contributed by atoms with Crippen LogP contribution in [0.3, 0.4) is 0 Å². The summed E-state index contributed by atoms with van der Waals surface area (Å²) in [4.78, 5) is 12.7. The lowest BCUT2D eigenvalue weighted by molar-refractivity contribution is 0.0219. The van der Waals surface area contributed by atoms with Crippen LogP contribution in [0.1, 0.15) is 60.3 Å². The number of anilines is 1. The van der Waals surface area contributed by atoms with Crippen molar-refractivity contribution in [3.05, 3.63) is 70.7 Å². The summed E-state index contributed by atoms with van der Waals surface area (Å²) in [5, 5.41) is 12.8. The van der Waals surface area contributed by atoms with Gasteiger partial charge in [-0.25, -0.2) is 4.39 Å². The van der Waals surface area contributed by atoms with Crippen LogP contribution in [0.15, 0.2) is 42.6 Å². The van der Waals surface area contributed by atoms with E-state index in [4.69, 9.17) is 24.2 Å². The second kappa shape index (κ2) is 11.5. The van der Waals surface area contributed by atoms with Gasteiger partial charge < -0.3 is 24.4 Å². The van der Waals surface area contributed by atoms with Gasteiger partial charge in [0.05, 0.1) is 24.9 Å². The molecule has 4 fully saturated rings. The summed E-state index contributed by atoms with van der Waals surface area (Å²) in [5.74, 6) is 1.59. The number of ether oxygens (including phenoxy) is 3. The van der Waals surface area contributed by atoms with Gasteiger partial charge in [-0.2, -0.15) is 15.1 Å². The minimum atomic E-state index is -0.282. The lowest BCUT2D eigenvalue weighted by atomic mass is 9.88. The molecule has 0 amide bonds. The Morgan fingerprint density at radius 2 is 1.83 bits per heavy atom. The van der Waals surface area contributed by atoms with Crippen molar-refractivity contribution in [1.29, 1.82) is 0 Å². The molecule has 47 heavy (non-hydrogen) atoms. The predicted molar refractivity (Wildman–Crippen MR) is 179 cm³/mol. The Balaban J connectivity index is 1.31. The lowest BCUT2D eigenvalue weighted by Gasteiger charge is -2.31. The van der Waals surface area contributed by atoms with E-state index in [-0.39, 0.29) is 11.9 Å². The van der Waals surface area contributed by atoms with Crippen molar-refractivity contribution < 1.29 is 18.6 Å². The van der Waals surface area contributed by atoms with Gasteiger partial charge in [0.1, 0.15) is 29.9 Å². The van der Waals surface area contributed by atoms with Crippen LogP contribution < -0.4 is 19.7 Å². The summed E-state index contributed by atoms with van der Waals surface area (Å²) in [6, 6.07) is 13.3. The number of aromatic amines is 1. The first-order valence-electron chi connectivity index (χ1n) is 16.9. The largest absolute Gasteiger partial charge is 0.486 e. The fourth-order valence-corrected chi connectivity index (χ4v) is 7.69. The molecule has 9 nitrogen and oxygen atoms in total. The smallest absolute Gasteiger partial charge is 0.319 e. The number of rotatable bonds is 8. The van der Waals surface area contributed by atoms with Gasteiger partial charge in [-0.1, -0.05) is 29.8 Å². The van der Waals surface area contributed by atoms with Crippen molar-refractivity contribution in [3.8, 4) is 22.9 Å². The molecule has 0 spiro atoms. The third-order valence-electron chi connectivity index (χ3n) is 10.4. The molecule has 2 bridgehead atoms. The highest BCUT2D eigenvalue weighted by molar-refractivity contribution is 6.06. The van der Waals surface area contributed by atoms with Gasteiger partial charge in [0.15, 0.2) is 5.75 Å². The molecular formula is C37H39FN6O3. The number of fused-ring (bicyclic) bond motifs is 4. The van der Waals surface area contributed by atoms with Gasteiger partial charge in [0, 0.05) is 59.9 Å². The monoisotopic (exact) mass is 634 g/mol. The van der Waals surface area contributed by atoms with Gasteiger partial charge in [-0.3, -0.25) is 5.10 Å². The highest BCUT2D eigenvalue weighted by Crippen LogP contribution is 2.53. The van der Waals surface area contributed by atoms with Crippen LogP contribution in [0.25, 0.3) is 32.9 Å². The molecule has 242 valence electrons. The average molecular weight is 635 g/mol. The van der Waals surface area contributed by atoms with Crippen molar-refractivity contribution >= 4 is 27.6 Å². The van der Waals surface area contributed by atoms with E-state index in [0.29, 0.717) is 66.2 Å². The van der Waals surface area contributed by atoms with Gasteiger partial charge >= 0.3 is 6.01 Å². The second-order valence-corrected chi connectivity index (χ2v) is 13.7. The number of aryl methyl sites for hydroxylation is 1. The number of hydrogen-bond donors (Lipinski definition) is 2. The van der Waals surface area contributed by atoms with Crippen LogP contribution in [0.5, 0.6) is 11.8 Å². The minimum absolute atomic E-state index is 0.0242. The molecule has 2 unspecified atom stereocenters. The highest BCUT2D eigenvalue weighted by Gasteiger charge is 2.40. The summed E-state index contributed by atoms with van der Waals surface area (Å²) < 4.78 is 34.8. The Morgan fingerprint density at radius 3 is 2.57 bits per heavy atom. The predicted octanol–water partition coefficient (Wildman–Crippen LogP) is 6.49. The number of nitrogens with zero attached hydrogens (tertiary/aromatic N) is 4. The maximum Gasteiger partial charge on any atom is 0.319 e. The third kappa shape index (κ3) is 5.18. The van der Waals surface area contributed by atoms with Crippen LogP contribution in [-0.2, 0) is 11.3 Å². The molecule has 2 N–H and O–H groups in total. The van der Waals surface area contributed by atoms with E-state index in [2.05, 4.69) is 57.7 Å². The number of nitrogens with one attached hydrogen (secondary N) is 2. The van der Waals surface area contributed by atoms with Crippen LogP contribution in [0.2, 0.25) is 0 Å². The van der Waals surface area contributed by atoms with Gasteiger partial charge in [0.25, 0.3) is 0 Å². The number of H-pyrrole nitrogens is 1. The summed E-state index contributed by atoms with van der Waals surface area (Å²) in [5.41, 5.74) is 6.99. The molecule has 5 heterocycles. The normalized spacial score (nSPS) is 21.3. The molecule has 3 aromatic carbocycles. The highest BCUT2D eigenvalue weighted by atomic mass is 19.1. The molecule has 2 atom stereocenters. The zero-order valence-corrected chi connectivity index (χ0v) is 26.8. The van der Waals surface area contributed by atoms with Crippen LogP contribution in [0.4, 0.5) is 10.2 Å². The maximum atomic E-state index is 15.7. The molecular weight excluding hydrogens is 595 g/mol. The van der Waals surface area contributed by atoms with Crippen molar-refractivity contribution in [2.24, 2.45) is 0 Å². The zero-order chi connectivity index (χ0) is 31.6. The Labute approximate surface area is 272 Å². The second-order valence-electron chi connectivity index (χ2n) is 13.7. The molecule has 1 saturated carbocycles. The van der Waals surface area contributed by atoms with Crippen molar-refractivity contribution in [1.82, 2.24) is 25.5 Å². The fraction of sp³-hybridized carbons (Fsp3) is 0.432. The van der Waals surface area contributed by atoms with E-state index in [1.165, 1.54) is 11.6 Å². The van der Waals surface area contributed by atoms with E-state index >= 15 is 4.39 Å². The number of aromatic nitrogens is 4. The number of benzene rings is 3. The van der Waals surface area contributed by atoms with Crippen molar-refractivity contribution in [3.63, 3.8) is 0 Å². The zero-order valence-electron chi connectivity index (χ0n) is 26.8. The van der Waals surface area contributed by atoms with E-state index in [1.54, 1.807) is 6.20 Å². The first-order chi connectivity index (χ1) is 23.0. The number of halogens is 1. The minimum Gasteiger partial charge on any atom is -0.486 e. The van der Waals surface area contributed by atoms with Crippen molar-refractivity contribution in [2.45, 2.75) is 76.7 Å². The summed E-state index contributed by atoms with van der Waals surface area (Å²) in [6.45, 7) is 7.40. The van der Waals surface area contributed by atoms with Gasteiger partial charge in [-0.15, -0.1) is 0 Å². The first-order valence-corrected chi connectivity index (χ1v) is 16.9. The van der Waals surface area contributed by atoms with E-state index < -0.39 is 0 Å². The first kappa shape index (κ1) is 28.9. The Kier molecular flexibility index (Phi) is 7.04. The standard InChI is InChI=1S/C37H39FN6O3/c1-20-3-5-22(6-4-20)19-46-35-33(32-21(2)30(38)15-31-29(32)17-40-43-31)27(23-7-8-23)14-28-34(35)41-37(47-26-9-11-45-12-10-26)42-36(28)44-18-24-13-25(44)16-39-24/h3-6,14-15,17,23-26,39H,7-13,16,18-19H2,1-2H3,(H,40,43). The fourth-order valence-electron chi connectivity index (χ4n) is 7.69. The molecule has 2 aromatic heterocycles. The molecule has 5 aromatic rings. The van der Waals surface area contributed by atoms with Gasteiger partial charge in [-0.05, 0) is 67.9 Å². The summed E-state index contributed by atoms with van der Waals surface area (Å²) >= 11 is 0. The van der Waals surface area contributed by atoms with E-state index in [0.717, 1.165) is 84.0 Å². The Bertz CT molecular complexity index is 1980.